The Balaban J connectivity index is 1.32. The molecule has 0 saturated carbocycles. The molecule has 1 N–H and O–H groups in total. The molecule has 0 aromatic heterocycles. The van der Waals surface area contributed by atoms with E-state index in [9.17, 15) is 14.7 Å². The highest BCUT2D eigenvalue weighted by atomic mass is 16.5. The minimum atomic E-state index is -0.502. The number of rotatable bonds is 14. The van der Waals surface area contributed by atoms with Gasteiger partial charge >= 0.3 is 11.9 Å². The van der Waals surface area contributed by atoms with E-state index in [0.717, 1.165) is 37.0 Å². The van der Waals surface area contributed by atoms with Crippen molar-refractivity contribution >= 4 is 11.9 Å². The van der Waals surface area contributed by atoms with Crippen molar-refractivity contribution in [2.24, 2.45) is 0 Å². The van der Waals surface area contributed by atoms with Gasteiger partial charge in [-0.1, -0.05) is 18.7 Å². The molecule has 36 heavy (non-hydrogen) atoms. The smallest absolute Gasteiger partial charge is 0.343 e. The van der Waals surface area contributed by atoms with Crippen LogP contribution in [0.4, 0.5) is 0 Å². The molecule has 0 amide bonds. The largest absolute Gasteiger partial charge is 0.508 e. The molecule has 0 heterocycles. The number of hydrogen-bond donors (Lipinski definition) is 1. The summed E-state index contributed by atoms with van der Waals surface area (Å²) in [7, 11) is 0. The molecule has 0 aliphatic rings. The summed E-state index contributed by atoms with van der Waals surface area (Å²) in [6, 6.07) is 20.4. The van der Waals surface area contributed by atoms with Crippen LogP contribution in [-0.4, -0.2) is 30.3 Å². The predicted molar refractivity (Wildman–Crippen MR) is 135 cm³/mol. The van der Waals surface area contributed by atoms with Crippen LogP contribution in [0.15, 0.2) is 85.5 Å². The van der Waals surface area contributed by atoms with Crippen LogP contribution in [0.1, 0.15) is 41.6 Å². The first-order chi connectivity index (χ1) is 17.5. The zero-order valence-electron chi connectivity index (χ0n) is 20.1. The van der Waals surface area contributed by atoms with Gasteiger partial charge in [-0.25, -0.2) is 9.59 Å². The van der Waals surface area contributed by atoms with Crippen molar-refractivity contribution in [3.05, 3.63) is 96.6 Å². The van der Waals surface area contributed by atoms with E-state index in [0.29, 0.717) is 36.9 Å². The van der Waals surface area contributed by atoms with Gasteiger partial charge < -0.3 is 24.1 Å². The van der Waals surface area contributed by atoms with E-state index < -0.39 is 5.97 Å². The standard InChI is InChI=1S/C29H30O7/c1-2-28(31)34-20-6-4-3-5-19-33-25-13-7-22(8-14-25)21-35-26-15-17-27(18-16-26)36-29(32)23-9-11-24(30)12-10-23/h2,7-18,30H,1,3-6,19-21H2. The highest BCUT2D eigenvalue weighted by Crippen LogP contribution is 2.21. The normalized spacial score (nSPS) is 10.3. The molecule has 0 atom stereocenters. The van der Waals surface area contributed by atoms with Crippen molar-refractivity contribution in [3.63, 3.8) is 0 Å². The molecule has 0 saturated heterocycles. The molecule has 3 rings (SSSR count). The lowest BCUT2D eigenvalue weighted by Crippen LogP contribution is -2.08. The fraction of sp³-hybridized carbons (Fsp3) is 0.241. The molecule has 7 heteroatoms. The van der Waals surface area contributed by atoms with Crippen LogP contribution in [0.25, 0.3) is 0 Å². The van der Waals surface area contributed by atoms with Crippen LogP contribution in [0.5, 0.6) is 23.0 Å². The Labute approximate surface area is 210 Å². The fourth-order valence-electron chi connectivity index (χ4n) is 3.20. The summed E-state index contributed by atoms with van der Waals surface area (Å²) in [6.45, 7) is 4.81. The monoisotopic (exact) mass is 490 g/mol. The number of ether oxygens (including phenoxy) is 4. The van der Waals surface area contributed by atoms with Gasteiger partial charge in [-0.2, -0.15) is 0 Å². The maximum absolute atomic E-state index is 12.2. The maximum Gasteiger partial charge on any atom is 0.343 e. The lowest BCUT2D eigenvalue weighted by Gasteiger charge is -2.10. The molecule has 3 aromatic rings. The first kappa shape index (κ1) is 26.3. The van der Waals surface area contributed by atoms with E-state index in [1.54, 1.807) is 24.3 Å². The summed E-state index contributed by atoms with van der Waals surface area (Å²) in [5.74, 6) is 1.06. The van der Waals surface area contributed by atoms with Crippen LogP contribution in [0.3, 0.4) is 0 Å². The number of aromatic hydroxyl groups is 1. The Morgan fingerprint density at radius 2 is 1.31 bits per heavy atom. The van der Waals surface area contributed by atoms with Crippen molar-refractivity contribution in [2.75, 3.05) is 13.2 Å². The third kappa shape index (κ3) is 9.18. The second kappa shape index (κ2) is 14.2. The molecule has 0 radical (unpaired) electrons. The zero-order valence-corrected chi connectivity index (χ0v) is 20.1. The molecule has 7 nitrogen and oxygen atoms in total. The Morgan fingerprint density at radius 1 is 0.722 bits per heavy atom. The van der Waals surface area contributed by atoms with Gasteiger partial charge in [0.25, 0.3) is 0 Å². The van der Waals surface area contributed by atoms with Gasteiger partial charge in [-0.3, -0.25) is 0 Å². The lowest BCUT2D eigenvalue weighted by atomic mass is 10.2. The van der Waals surface area contributed by atoms with E-state index in [2.05, 4.69) is 6.58 Å². The minimum absolute atomic E-state index is 0.0872. The molecule has 0 fully saturated rings. The predicted octanol–water partition coefficient (Wildman–Crippen LogP) is 5.86. The van der Waals surface area contributed by atoms with Crippen molar-refractivity contribution < 1.29 is 33.6 Å². The van der Waals surface area contributed by atoms with E-state index >= 15 is 0 Å². The first-order valence-electron chi connectivity index (χ1n) is 11.8. The summed E-state index contributed by atoms with van der Waals surface area (Å²) in [4.78, 5) is 23.1. The number of esters is 2. The average Bonchev–Trinajstić information content (AvgIpc) is 2.90. The summed E-state index contributed by atoms with van der Waals surface area (Å²) in [6.07, 6.45) is 4.92. The lowest BCUT2D eigenvalue weighted by molar-refractivity contribution is -0.137. The summed E-state index contributed by atoms with van der Waals surface area (Å²) in [5, 5.41) is 9.31. The van der Waals surface area contributed by atoms with Gasteiger partial charge in [-0.05, 0) is 91.9 Å². The number of carbonyl (C=O) groups is 2. The molecule has 0 spiro atoms. The highest BCUT2D eigenvalue weighted by Gasteiger charge is 2.09. The van der Waals surface area contributed by atoms with E-state index in [1.807, 2.05) is 24.3 Å². The summed E-state index contributed by atoms with van der Waals surface area (Å²) < 4.78 is 21.9. The van der Waals surface area contributed by atoms with E-state index in [-0.39, 0.29) is 11.7 Å². The highest BCUT2D eigenvalue weighted by molar-refractivity contribution is 5.91. The van der Waals surface area contributed by atoms with Gasteiger partial charge in [0, 0.05) is 6.08 Å². The fourth-order valence-corrected chi connectivity index (χ4v) is 3.20. The molecule has 188 valence electrons. The number of hydrogen-bond acceptors (Lipinski definition) is 7. The number of benzene rings is 3. The maximum atomic E-state index is 12.2. The Bertz CT molecular complexity index is 1100. The number of phenolic OH excluding ortho intramolecular Hbond substituents is 1. The second-order valence-electron chi connectivity index (χ2n) is 7.97. The second-order valence-corrected chi connectivity index (χ2v) is 7.97. The SMILES string of the molecule is C=CC(=O)OCCCCCCOc1ccc(COc2ccc(OC(=O)c3ccc(O)cc3)cc2)cc1. The van der Waals surface area contributed by atoms with Crippen molar-refractivity contribution in [1.82, 2.24) is 0 Å². The van der Waals surface area contributed by atoms with Crippen LogP contribution in [0, 0.1) is 0 Å². The molecular weight excluding hydrogens is 460 g/mol. The minimum Gasteiger partial charge on any atom is -0.508 e. The third-order valence-corrected chi connectivity index (χ3v) is 5.18. The van der Waals surface area contributed by atoms with Crippen LogP contribution >= 0.6 is 0 Å². The van der Waals surface area contributed by atoms with Gasteiger partial charge in [0.1, 0.15) is 29.6 Å². The van der Waals surface area contributed by atoms with Crippen molar-refractivity contribution in [1.29, 1.82) is 0 Å². The quantitative estimate of drug-likeness (QED) is 0.131. The molecule has 0 aliphatic carbocycles. The van der Waals surface area contributed by atoms with Crippen molar-refractivity contribution in [2.45, 2.75) is 32.3 Å². The van der Waals surface area contributed by atoms with E-state index in [4.69, 9.17) is 18.9 Å². The Morgan fingerprint density at radius 3 is 1.97 bits per heavy atom. The van der Waals surface area contributed by atoms with Crippen molar-refractivity contribution in [3.8, 4) is 23.0 Å². The zero-order chi connectivity index (χ0) is 25.6. The number of phenols is 1. The third-order valence-electron chi connectivity index (χ3n) is 5.18. The van der Waals surface area contributed by atoms with Crippen LogP contribution in [0.2, 0.25) is 0 Å². The summed E-state index contributed by atoms with van der Waals surface area (Å²) in [5.41, 5.74) is 1.35. The van der Waals surface area contributed by atoms with Crippen LogP contribution in [-0.2, 0) is 16.1 Å². The molecule has 0 unspecified atom stereocenters. The van der Waals surface area contributed by atoms with Crippen LogP contribution < -0.4 is 14.2 Å². The molecular formula is C29H30O7. The molecule has 0 aliphatic heterocycles. The van der Waals surface area contributed by atoms with Gasteiger partial charge in [0.05, 0.1) is 18.8 Å². The molecule has 0 bridgehead atoms. The Kier molecular flexibility index (Phi) is 10.4. The van der Waals surface area contributed by atoms with Gasteiger partial charge in [0.15, 0.2) is 0 Å². The number of carbonyl (C=O) groups excluding carboxylic acids is 2. The van der Waals surface area contributed by atoms with Gasteiger partial charge in [0.2, 0.25) is 0 Å². The Hall–Kier alpha value is -4.26. The van der Waals surface area contributed by atoms with E-state index in [1.165, 1.54) is 30.3 Å². The molecule has 3 aromatic carbocycles. The topological polar surface area (TPSA) is 91.3 Å². The van der Waals surface area contributed by atoms with Gasteiger partial charge in [-0.15, -0.1) is 0 Å². The summed E-state index contributed by atoms with van der Waals surface area (Å²) >= 11 is 0. The first-order valence-corrected chi connectivity index (χ1v) is 11.8. The average molecular weight is 491 g/mol. The number of unbranched alkanes of at least 4 members (excludes halogenated alkanes) is 3.